The number of nitrogens with zero attached hydrogens (tertiary/aromatic N) is 1. The highest BCUT2D eigenvalue weighted by Crippen LogP contribution is 2.05. The van der Waals surface area contributed by atoms with Gasteiger partial charge in [0.25, 0.3) is 0 Å². The molecule has 2 N–H and O–H groups in total. The molecule has 1 rings (SSSR count). The average molecular weight is 268 g/mol. The summed E-state index contributed by atoms with van der Waals surface area (Å²) in [5.74, 6) is -0.246. The molecule has 19 heavy (non-hydrogen) atoms. The average Bonchev–Trinajstić information content (AvgIpc) is 2.77. The van der Waals surface area contributed by atoms with E-state index in [4.69, 9.17) is 9.52 Å². The Kier molecular flexibility index (Phi) is 5.41. The lowest BCUT2D eigenvalue weighted by molar-refractivity contribution is -0.138. The smallest absolute Gasteiger partial charge is 0.323 e. The molecule has 0 aliphatic carbocycles. The van der Waals surface area contributed by atoms with E-state index in [0.29, 0.717) is 6.42 Å². The molecule has 0 radical (unpaired) electrons. The van der Waals surface area contributed by atoms with E-state index in [0.717, 1.165) is 5.76 Å². The fourth-order valence-electron chi connectivity index (χ4n) is 1.71. The van der Waals surface area contributed by atoms with E-state index in [2.05, 4.69) is 5.32 Å². The van der Waals surface area contributed by atoms with Crippen molar-refractivity contribution >= 4 is 12.0 Å². The Hall–Kier alpha value is -1.98. The second-order valence-electron chi connectivity index (χ2n) is 4.75. The number of rotatable bonds is 6. The maximum Gasteiger partial charge on any atom is 0.323 e. The van der Waals surface area contributed by atoms with Crippen LogP contribution in [-0.2, 0) is 11.2 Å². The van der Waals surface area contributed by atoms with Gasteiger partial charge in [0.2, 0.25) is 0 Å². The molecule has 0 fully saturated rings. The van der Waals surface area contributed by atoms with Gasteiger partial charge in [-0.2, -0.15) is 0 Å². The van der Waals surface area contributed by atoms with Crippen molar-refractivity contribution in [3.05, 3.63) is 24.2 Å². The molecule has 1 aromatic heterocycles. The summed E-state index contributed by atoms with van der Waals surface area (Å²) in [7, 11) is 0. The van der Waals surface area contributed by atoms with Crippen LogP contribution in [0, 0.1) is 0 Å². The molecule has 6 heteroatoms. The number of urea groups is 1. The van der Waals surface area contributed by atoms with Crippen LogP contribution in [0.1, 0.15) is 26.5 Å². The van der Waals surface area contributed by atoms with E-state index in [1.54, 1.807) is 26.2 Å². The lowest BCUT2D eigenvalue weighted by Gasteiger charge is -2.26. The van der Waals surface area contributed by atoms with Crippen LogP contribution in [0.4, 0.5) is 4.79 Å². The summed E-state index contributed by atoms with van der Waals surface area (Å²) < 4.78 is 5.20. The van der Waals surface area contributed by atoms with Gasteiger partial charge in [-0.05, 0) is 32.9 Å². The molecule has 1 unspecified atom stereocenters. The summed E-state index contributed by atoms with van der Waals surface area (Å²) >= 11 is 0. The second-order valence-corrected chi connectivity index (χ2v) is 4.75. The molecular formula is C13H20N2O4. The molecule has 2 amide bonds. The fraction of sp³-hybridized carbons (Fsp3) is 0.538. The first kappa shape index (κ1) is 15.1. The minimum absolute atomic E-state index is 0.131. The first-order chi connectivity index (χ1) is 8.90. The number of furan rings is 1. The quantitative estimate of drug-likeness (QED) is 0.822. The van der Waals surface area contributed by atoms with Crippen molar-refractivity contribution in [3.63, 3.8) is 0 Å². The summed E-state index contributed by atoms with van der Waals surface area (Å²) in [6.45, 7) is 5.09. The topological polar surface area (TPSA) is 82.8 Å². The number of carbonyl (C=O) groups is 2. The fourth-order valence-corrected chi connectivity index (χ4v) is 1.71. The monoisotopic (exact) mass is 268 g/mol. The van der Waals surface area contributed by atoms with Crippen molar-refractivity contribution in [3.8, 4) is 0 Å². The summed E-state index contributed by atoms with van der Waals surface area (Å²) in [6, 6.07) is 2.94. The molecule has 0 aliphatic rings. The normalized spacial score (nSPS) is 12.2. The van der Waals surface area contributed by atoms with Crippen LogP contribution in [0.15, 0.2) is 22.8 Å². The van der Waals surface area contributed by atoms with E-state index < -0.39 is 5.97 Å². The molecule has 0 saturated carbocycles. The highest BCUT2D eigenvalue weighted by molar-refractivity contribution is 5.80. The van der Waals surface area contributed by atoms with Gasteiger partial charge >= 0.3 is 12.0 Å². The molecule has 106 valence electrons. The van der Waals surface area contributed by atoms with Gasteiger partial charge in [0, 0.05) is 18.5 Å². The molecule has 0 saturated heterocycles. The molecule has 0 spiro atoms. The van der Waals surface area contributed by atoms with Crippen molar-refractivity contribution < 1.29 is 19.1 Å². The molecule has 0 bridgehead atoms. The van der Waals surface area contributed by atoms with Crippen LogP contribution in [0.3, 0.4) is 0 Å². The second kappa shape index (κ2) is 6.82. The largest absolute Gasteiger partial charge is 0.480 e. The minimum Gasteiger partial charge on any atom is -0.480 e. The van der Waals surface area contributed by atoms with Crippen molar-refractivity contribution in [2.24, 2.45) is 0 Å². The van der Waals surface area contributed by atoms with Gasteiger partial charge in [-0.15, -0.1) is 0 Å². The van der Waals surface area contributed by atoms with Crippen LogP contribution in [-0.4, -0.2) is 40.6 Å². The molecule has 0 aromatic carbocycles. The van der Waals surface area contributed by atoms with Gasteiger partial charge in [-0.3, -0.25) is 4.79 Å². The number of carboxylic acid groups (broad SMARTS) is 1. The molecule has 0 aliphatic heterocycles. The van der Waals surface area contributed by atoms with Crippen LogP contribution >= 0.6 is 0 Å². The highest BCUT2D eigenvalue weighted by Gasteiger charge is 2.21. The first-order valence-corrected chi connectivity index (χ1v) is 6.21. The van der Waals surface area contributed by atoms with Crippen molar-refractivity contribution in [1.82, 2.24) is 10.2 Å². The molecule has 1 heterocycles. The Morgan fingerprint density at radius 2 is 2.11 bits per heavy atom. The van der Waals surface area contributed by atoms with Crippen molar-refractivity contribution in [2.75, 3.05) is 6.54 Å². The molecular weight excluding hydrogens is 248 g/mol. The maximum absolute atomic E-state index is 12.0. The van der Waals surface area contributed by atoms with Crippen molar-refractivity contribution in [2.45, 2.75) is 39.3 Å². The van der Waals surface area contributed by atoms with Gasteiger partial charge in [0.1, 0.15) is 12.3 Å². The zero-order valence-electron chi connectivity index (χ0n) is 11.4. The van der Waals surface area contributed by atoms with Gasteiger partial charge in [-0.25, -0.2) is 4.79 Å². The summed E-state index contributed by atoms with van der Waals surface area (Å²) in [5, 5.41) is 11.6. The highest BCUT2D eigenvalue weighted by atomic mass is 16.4. The third-order valence-corrected chi connectivity index (χ3v) is 2.65. The summed E-state index contributed by atoms with van der Waals surface area (Å²) in [5.41, 5.74) is 0. The van der Waals surface area contributed by atoms with Gasteiger partial charge in [-0.1, -0.05) is 0 Å². The SMILES string of the molecule is CC(Cc1ccco1)NC(=O)N(CC(=O)O)C(C)C. The van der Waals surface area contributed by atoms with E-state index in [-0.39, 0.29) is 24.7 Å². The minimum atomic E-state index is -1.03. The zero-order chi connectivity index (χ0) is 14.4. The van der Waals surface area contributed by atoms with Crippen LogP contribution in [0.25, 0.3) is 0 Å². The third-order valence-electron chi connectivity index (χ3n) is 2.65. The predicted octanol–water partition coefficient (Wildman–Crippen LogP) is 1.72. The van der Waals surface area contributed by atoms with Gasteiger partial charge in [0.05, 0.1) is 6.26 Å². The first-order valence-electron chi connectivity index (χ1n) is 6.21. The number of nitrogens with one attached hydrogen (secondary N) is 1. The van der Waals surface area contributed by atoms with E-state index in [1.165, 1.54) is 4.90 Å². The molecule has 1 atom stereocenters. The maximum atomic E-state index is 12.0. The third kappa shape index (κ3) is 5.03. The lowest BCUT2D eigenvalue weighted by atomic mass is 10.2. The van der Waals surface area contributed by atoms with Crippen LogP contribution in [0.5, 0.6) is 0 Å². The zero-order valence-corrected chi connectivity index (χ0v) is 11.4. The van der Waals surface area contributed by atoms with E-state index in [9.17, 15) is 9.59 Å². The molecule has 1 aromatic rings. The van der Waals surface area contributed by atoms with E-state index >= 15 is 0 Å². The Morgan fingerprint density at radius 3 is 2.58 bits per heavy atom. The summed E-state index contributed by atoms with van der Waals surface area (Å²) in [6.07, 6.45) is 2.15. The Balaban J connectivity index is 2.53. The number of carboxylic acids is 1. The Morgan fingerprint density at radius 1 is 1.42 bits per heavy atom. The lowest BCUT2D eigenvalue weighted by Crippen LogP contribution is -2.49. The number of aliphatic carboxylic acids is 1. The number of amides is 2. The standard InChI is InChI=1S/C13H20N2O4/c1-9(2)15(8-12(16)17)13(18)14-10(3)7-11-5-4-6-19-11/h4-6,9-10H,7-8H2,1-3H3,(H,14,18)(H,16,17). The van der Waals surface area contributed by atoms with Crippen molar-refractivity contribution in [1.29, 1.82) is 0 Å². The number of hydrogen-bond acceptors (Lipinski definition) is 3. The van der Waals surface area contributed by atoms with Gasteiger partial charge in [0.15, 0.2) is 0 Å². The predicted molar refractivity (Wildman–Crippen MR) is 69.9 cm³/mol. The Bertz CT molecular complexity index is 414. The summed E-state index contributed by atoms with van der Waals surface area (Å²) in [4.78, 5) is 24.0. The van der Waals surface area contributed by atoms with Gasteiger partial charge < -0.3 is 19.7 Å². The molecule has 6 nitrogen and oxygen atoms in total. The van der Waals surface area contributed by atoms with Crippen LogP contribution in [0.2, 0.25) is 0 Å². The number of hydrogen-bond donors (Lipinski definition) is 2. The van der Waals surface area contributed by atoms with Crippen LogP contribution < -0.4 is 5.32 Å². The van der Waals surface area contributed by atoms with E-state index in [1.807, 2.05) is 13.0 Å². The Labute approximate surface area is 112 Å². The number of carbonyl (C=O) groups excluding carboxylic acids is 1.